The van der Waals surface area contributed by atoms with E-state index in [1.165, 1.54) is 42.6 Å². The van der Waals surface area contributed by atoms with Gasteiger partial charge in [0.05, 0.1) is 19.1 Å². The van der Waals surface area contributed by atoms with Crippen LogP contribution in [0.25, 0.3) is 0 Å². The molecule has 4 heteroatoms. The van der Waals surface area contributed by atoms with Gasteiger partial charge in [-0.1, -0.05) is 25.3 Å². The molecule has 1 aromatic rings. The summed E-state index contributed by atoms with van der Waals surface area (Å²) in [4.78, 5) is 1.18. The number of nitrogens with two attached hydrogens (primary N) is 1. The predicted molar refractivity (Wildman–Crippen MR) is 85.1 cm³/mol. The van der Waals surface area contributed by atoms with Crippen LogP contribution in [-0.2, 0) is 5.41 Å². The summed E-state index contributed by atoms with van der Waals surface area (Å²) in [6, 6.07) is 4.20. The molecule has 0 unspecified atom stereocenters. The number of benzene rings is 1. The van der Waals surface area contributed by atoms with Gasteiger partial charge in [-0.15, -0.1) is 11.8 Å². The molecule has 20 heavy (non-hydrogen) atoms. The molecule has 2 rings (SSSR count). The number of ether oxygens (including phenoxy) is 2. The van der Waals surface area contributed by atoms with Crippen LogP contribution in [0.1, 0.15) is 37.7 Å². The second-order valence-electron chi connectivity index (χ2n) is 5.43. The number of hydrogen-bond donors (Lipinski definition) is 1. The number of hydrogen-bond acceptors (Lipinski definition) is 4. The standard InChI is InChI=1S/C16H25NO2S/c1-18-13-8-7-12(15(20-3)14(13)19-2)16(11-17)9-5-4-6-10-16/h7-8H,4-6,9-11,17H2,1-3H3. The SMILES string of the molecule is COc1ccc(C2(CN)CCCCC2)c(SC)c1OC. The molecule has 0 saturated heterocycles. The van der Waals surface area contributed by atoms with Crippen LogP contribution in [0.15, 0.2) is 17.0 Å². The average molecular weight is 295 g/mol. The van der Waals surface area contributed by atoms with Crippen LogP contribution in [-0.4, -0.2) is 27.0 Å². The van der Waals surface area contributed by atoms with Crippen LogP contribution in [0, 0.1) is 0 Å². The van der Waals surface area contributed by atoms with Crippen molar-refractivity contribution in [2.75, 3.05) is 27.0 Å². The largest absolute Gasteiger partial charge is 0.493 e. The first-order valence-electron chi connectivity index (χ1n) is 7.22. The maximum atomic E-state index is 6.17. The third kappa shape index (κ3) is 2.63. The van der Waals surface area contributed by atoms with E-state index in [-0.39, 0.29) is 5.41 Å². The van der Waals surface area contributed by atoms with E-state index in [2.05, 4.69) is 12.3 Å². The third-order valence-corrected chi connectivity index (χ3v) is 5.29. The zero-order valence-corrected chi connectivity index (χ0v) is 13.5. The highest BCUT2D eigenvalue weighted by Crippen LogP contribution is 2.48. The Hall–Kier alpha value is -0.870. The molecule has 0 atom stereocenters. The van der Waals surface area contributed by atoms with Crippen LogP contribution < -0.4 is 15.2 Å². The Morgan fingerprint density at radius 2 is 1.85 bits per heavy atom. The van der Waals surface area contributed by atoms with Crippen molar-refractivity contribution in [3.63, 3.8) is 0 Å². The Labute approximate surface area is 126 Å². The number of thioether (sulfide) groups is 1. The highest BCUT2D eigenvalue weighted by Gasteiger charge is 2.35. The van der Waals surface area contributed by atoms with Crippen molar-refractivity contribution in [2.24, 2.45) is 5.73 Å². The molecule has 0 radical (unpaired) electrons. The van der Waals surface area contributed by atoms with Crippen molar-refractivity contribution in [3.8, 4) is 11.5 Å². The molecule has 0 aromatic heterocycles. The fourth-order valence-corrected chi connectivity index (χ4v) is 4.20. The van der Waals surface area contributed by atoms with Crippen molar-refractivity contribution >= 4 is 11.8 Å². The summed E-state index contributed by atoms with van der Waals surface area (Å²) in [7, 11) is 3.39. The van der Waals surface area contributed by atoms with Gasteiger partial charge in [-0.2, -0.15) is 0 Å². The van der Waals surface area contributed by atoms with Gasteiger partial charge in [0.1, 0.15) is 0 Å². The van der Waals surface area contributed by atoms with E-state index in [0.29, 0.717) is 6.54 Å². The van der Waals surface area contributed by atoms with E-state index in [1.807, 2.05) is 6.07 Å². The minimum atomic E-state index is 0.107. The van der Waals surface area contributed by atoms with Crippen molar-refractivity contribution in [2.45, 2.75) is 42.4 Å². The lowest BCUT2D eigenvalue weighted by Gasteiger charge is -2.38. The smallest absolute Gasteiger partial charge is 0.174 e. The number of methoxy groups -OCH3 is 2. The molecule has 112 valence electrons. The Morgan fingerprint density at radius 3 is 2.35 bits per heavy atom. The molecule has 0 heterocycles. The quantitative estimate of drug-likeness (QED) is 0.843. The zero-order valence-electron chi connectivity index (χ0n) is 12.7. The normalized spacial score (nSPS) is 17.8. The fraction of sp³-hybridized carbons (Fsp3) is 0.625. The predicted octanol–water partition coefficient (Wildman–Crippen LogP) is 3.59. The molecular weight excluding hydrogens is 270 g/mol. The lowest BCUT2D eigenvalue weighted by atomic mass is 9.69. The molecule has 0 amide bonds. The van der Waals surface area contributed by atoms with Crippen LogP contribution in [0.4, 0.5) is 0 Å². The van der Waals surface area contributed by atoms with Gasteiger partial charge in [0, 0.05) is 12.0 Å². The van der Waals surface area contributed by atoms with E-state index in [9.17, 15) is 0 Å². The molecule has 2 N–H and O–H groups in total. The third-order valence-electron chi connectivity index (χ3n) is 4.48. The van der Waals surface area contributed by atoms with E-state index in [1.54, 1.807) is 26.0 Å². The van der Waals surface area contributed by atoms with E-state index >= 15 is 0 Å². The van der Waals surface area contributed by atoms with Gasteiger partial charge < -0.3 is 15.2 Å². The highest BCUT2D eigenvalue weighted by atomic mass is 32.2. The van der Waals surface area contributed by atoms with Gasteiger partial charge in [-0.25, -0.2) is 0 Å². The van der Waals surface area contributed by atoms with Gasteiger partial charge >= 0.3 is 0 Å². The maximum Gasteiger partial charge on any atom is 0.174 e. The first-order chi connectivity index (χ1) is 9.72. The zero-order chi connectivity index (χ0) is 14.6. The van der Waals surface area contributed by atoms with E-state index < -0.39 is 0 Å². The van der Waals surface area contributed by atoms with E-state index in [4.69, 9.17) is 15.2 Å². The van der Waals surface area contributed by atoms with Crippen molar-refractivity contribution < 1.29 is 9.47 Å². The van der Waals surface area contributed by atoms with Crippen LogP contribution in [0.5, 0.6) is 11.5 Å². The van der Waals surface area contributed by atoms with Crippen LogP contribution >= 0.6 is 11.8 Å². The summed E-state index contributed by atoms with van der Waals surface area (Å²) in [5.41, 5.74) is 7.62. The van der Waals surface area contributed by atoms with Crippen molar-refractivity contribution in [3.05, 3.63) is 17.7 Å². The summed E-state index contributed by atoms with van der Waals surface area (Å²) in [6.45, 7) is 0.704. The molecule has 0 aliphatic heterocycles. The summed E-state index contributed by atoms with van der Waals surface area (Å²) in [5, 5.41) is 0. The molecule has 1 fully saturated rings. The van der Waals surface area contributed by atoms with Gasteiger partial charge in [0.2, 0.25) is 0 Å². The second-order valence-corrected chi connectivity index (χ2v) is 6.24. The highest BCUT2D eigenvalue weighted by molar-refractivity contribution is 7.98. The Morgan fingerprint density at radius 1 is 1.15 bits per heavy atom. The van der Waals surface area contributed by atoms with Gasteiger partial charge in [0.15, 0.2) is 11.5 Å². The second kappa shape index (κ2) is 6.72. The molecule has 1 saturated carbocycles. The van der Waals surface area contributed by atoms with Gasteiger partial charge in [-0.05, 0) is 30.7 Å². The molecule has 0 spiro atoms. The summed E-state index contributed by atoms with van der Waals surface area (Å²) in [5.74, 6) is 1.64. The lowest BCUT2D eigenvalue weighted by molar-refractivity contribution is 0.290. The van der Waals surface area contributed by atoms with Crippen molar-refractivity contribution in [1.29, 1.82) is 0 Å². The maximum absolute atomic E-state index is 6.17. The van der Waals surface area contributed by atoms with E-state index in [0.717, 1.165) is 11.5 Å². The van der Waals surface area contributed by atoms with Crippen LogP contribution in [0.2, 0.25) is 0 Å². The molecule has 3 nitrogen and oxygen atoms in total. The summed E-state index contributed by atoms with van der Waals surface area (Å²) in [6.07, 6.45) is 8.29. The summed E-state index contributed by atoms with van der Waals surface area (Å²) < 4.78 is 11.0. The fourth-order valence-electron chi connectivity index (χ4n) is 3.33. The topological polar surface area (TPSA) is 44.5 Å². The molecular formula is C16H25NO2S. The minimum Gasteiger partial charge on any atom is -0.493 e. The molecule has 0 bridgehead atoms. The summed E-state index contributed by atoms with van der Waals surface area (Å²) >= 11 is 1.72. The van der Waals surface area contributed by atoms with Crippen LogP contribution in [0.3, 0.4) is 0 Å². The lowest BCUT2D eigenvalue weighted by Crippen LogP contribution is -2.37. The Bertz CT molecular complexity index is 456. The Balaban J connectivity index is 2.54. The van der Waals surface area contributed by atoms with Gasteiger partial charge in [0.25, 0.3) is 0 Å². The molecule has 1 aliphatic rings. The molecule has 1 aromatic carbocycles. The average Bonchev–Trinajstić information content (AvgIpc) is 2.53. The minimum absolute atomic E-state index is 0.107. The monoisotopic (exact) mass is 295 g/mol. The first-order valence-corrected chi connectivity index (χ1v) is 8.44. The van der Waals surface area contributed by atoms with Crippen molar-refractivity contribution in [1.82, 2.24) is 0 Å². The molecule has 1 aliphatic carbocycles. The van der Waals surface area contributed by atoms with Gasteiger partial charge in [-0.3, -0.25) is 0 Å². The Kier molecular flexibility index (Phi) is 5.22. The first kappa shape index (κ1) is 15.5. The number of rotatable bonds is 5.